The van der Waals surface area contributed by atoms with E-state index in [1.165, 1.54) is 13.0 Å². The van der Waals surface area contributed by atoms with Gasteiger partial charge in [-0.3, -0.25) is 14.4 Å². The number of rotatable bonds is 2. The number of sulfone groups is 1. The van der Waals surface area contributed by atoms with Crippen LogP contribution in [0.2, 0.25) is 0 Å². The molecule has 26 heavy (non-hydrogen) atoms. The lowest BCUT2D eigenvalue weighted by molar-refractivity contribution is 0.0928. The molecule has 1 fully saturated rings. The van der Waals surface area contributed by atoms with Gasteiger partial charge in [-0.2, -0.15) is 0 Å². The van der Waals surface area contributed by atoms with E-state index in [-0.39, 0.29) is 45.3 Å². The quantitative estimate of drug-likeness (QED) is 0.724. The summed E-state index contributed by atoms with van der Waals surface area (Å²) >= 11 is 0. The minimum atomic E-state index is -3.16. The number of fused-ring (bicyclic) bond motifs is 2. The Balaban J connectivity index is 1.74. The van der Waals surface area contributed by atoms with Crippen LogP contribution in [0, 0.1) is 6.92 Å². The number of hydrogen-bond donors (Lipinski definition) is 1. The zero-order valence-electron chi connectivity index (χ0n) is 13.9. The smallest absolute Gasteiger partial charge is 0.255 e. The third-order valence-electron chi connectivity index (χ3n) is 4.73. The van der Waals surface area contributed by atoms with E-state index in [9.17, 15) is 22.8 Å². The average Bonchev–Trinajstić information content (AvgIpc) is 3.12. The minimum Gasteiger partial charge on any atom is -0.456 e. The summed E-state index contributed by atoms with van der Waals surface area (Å²) in [6.07, 6.45) is 0.322. The molecule has 0 saturated carbocycles. The molecule has 1 atom stereocenters. The van der Waals surface area contributed by atoms with Gasteiger partial charge < -0.3 is 9.73 Å². The SMILES string of the molecule is Cc1oc2c(c1C(=O)N[C@H]1CCS(=O)(=O)C1)C(=O)c1ccccc1C2=O. The average molecular weight is 373 g/mol. The van der Waals surface area contributed by atoms with Crippen LogP contribution in [0.25, 0.3) is 0 Å². The standard InChI is InChI=1S/C18H15NO6S/c1-9-13(18(22)19-10-6-7-26(23,24)8-10)14-15(20)11-4-2-3-5-12(11)16(21)17(14)25-9/h2-5,10H,6-8H2,1H3,(H,19,22)/t10-/m0/s1. The fourth-order valence-electron chi connectivity index (χ4n) is 3.50. The van der Waals surface area contributed by atoms with Crippen molar-refractivity contribution in [2.75, 3.05) is 11.5 Å². The van der Waals surface area contributed by atoms with Gasteiger partial charge in [0.1, 0.15) is 5.76 Å². The van der Waals surface area contributed by atoms with Crippen LogP contribution >= 0.6 is 0 Å². The maximum atomic E-state index is 12.8. The lowest BCUT2D eigenvalue weighted by Crippen LogP contribution is -2.36. The molecule has 1 aliphatic carbocycles. The molecule has 1 aromatic heterocycles. The molecule has 1 aromatic carbocycles. The van der Waals surface area contributed by atoms with Crippen molar-refractivity contribution in [1.29, 1.82) is 0 Å². The summed E-state index contributed by atoms with van der Waals surface area (Å²) in [7, 11) is -3.16. The van der Waals surface area contributed by atoms with E-state index >= 15 is 0 Å². The number of furan rings is 1. The fraction of sp³-hybridized carbons (Fsp3) is 0.278. The molecule has 2 aliphatic rings. The molecule has 0 unspecified atom stereocenters. The molecule has 2 heterocycles. The van der Waals surface area contributed by atoms with Crippen molar-refractivity contribution in [2.45, 2.75) is 19.4 Å². The highest BCUT2D eigenvalue weighted by molar-refractivity contribution is 7.91. The second kappa shape index (κ2) is 5.63. The molecule has 4 rings (SSSR count). The second-order valence-corrected chi connectivity index (χ2v) is 8.74. The van der Waals surface area contributed by atoms with Gasteiger partial charge in [-0.05, 0) is 13.3 Å². The van der Waals surface area contributed by atoms with Crippen molar-refractivity contribution in [1.82, 2.24) is 5.32 Å². The van der Waals surface area contributed by atoms with Gasteiger partial charge in [0.2, 0.25) is 5.78 Å². The summed E-state index contributed by atoms with van der Waals surface area (Å²) in [5, 5.41) is 2.65. The Morgan fingerprint density at radius 3 is 2.42 bits per heavy atom. The first-order chi connectivity index (χ1) is 12.3. The number of carbonyl (C=O) groups excluding carboxylic acids is 3. The number of carbonyl (C=O) groups is 3. The molecular weight excluding hydrogens is 358 g/mol. The maximum Gasteiger partial charge on any atom is 0.255 e. The van der Waals surface area contributed by atoms with Gasteiger partial charge in [-0.15, -0.1) is 0 Å². The van der Waals surface area contributed by atoms with E-state index in [4.69, 9.17) is 4.42 Å². The van der Waals surface area contributed by atoms with E-state index in [1.807, 2.05) is 0 Å². The van der Waals surface area contributed by atoms with E-state index < -0.39 is 33.4 Å². The second-order valence-electron chi connectivity index (χ2n) is 6.51. The van der Waals surface area contributed by atoms with Gasteiger partial charge in [0.05, 0.1) is 22.6 Å². The summed E-state index contributed by atoms with van der Waals surface area (Å²) in [5.41, 5.74) is 0.414. The van der Waals surface area contributed by atoms with Crippen molar-refractivity contribution in [3.8, 4) is 0 Å². The van der Waals surface area contributed by atoms with Crippen molar-refractivity contribution < 1.29 is 27.2 Å². The highest BCUT2D eigenvalue weighted by atomic mass is 32.2. The Hall–Kier alpha value is -2.74. The first kappa shape index (κ1) is 16.7. The third-order valence-corrected chi connectivity index (χ3v) is 6.50. The number of hydrogen-bond acceptors (Lipinski definition) is 6. The molecule has 134 valence electrons. The summed E-state index contributed by atoms with van der Waals surface area (Å²) in [6.45, 7) is 1.50. The lowest BCUT2D eigenvalue weighted by atomic mass is 9.86. The molecule has 0 bridgehead atoms. The summed E-state index contributed by atoms with van der Waals surface area (Å²) in [4.78, 5) is 38.2. The third kappa shape index (κ3) is 2.48. The van der Waals surface area contributed by atoms with Crippen LogP contribution in [0.15, 0.2) is 28.7 Å². The van der Waals surface area contributed by atoms with Crippen LogP contribution in [-0.2, 0) is 9.84 Å². The molecule has 1 aliphatic heterocycles. The summed E-state index contributed by atoms with van der Waals surface area (Å²) in [6, 6.07) is 5.86. The predicted molar refractivity (Wildman–Crippen MR) is 91.3 cm³/mol. The number of aryl methyl sites for hydroxylation is 1. The molecule has 1 saturated heterocycles. The van der Waals surface area contributed by atoms with Crippen molar-refractivity contribution in [2.24, 2.45) is 0 Å². The molecule has 1 N–H and O–H groups in total. The zero-order valence-corrected chi connectivity index (χ0v) is 14.7. The Kier molecular flexibility index (Phi) is 3.62. The monoisotopic (exact) mass is 373 g/mol. The highest BCUT2D eigenvalue weighted by Gasteiger charge is 2.39. The van der Waals surface area contributed by atoms with Gasteiger partial charge in [-0.1, -0.05) is 24.3 Å². The largest absolute Gasteiger partial charge is 0.456 e. The van der Waals surface area contributed by atoms with Crippen molar-refractivity contribution >= 4 is 27.3 Å². The first-order valence-electron chi connectivity index (χ1n) is 8.11. The lowest BCUT2D eigenvalue weighted by Gasteiger charge is -2.15. The van der Waals surface area contributed by atoms with Crippen LogP contribution in [0.3, 0.4) is 0 Å². The topological polar surface area (TPSA) is 111 Å². The molecule has 7 nitrogen and oxygen atoms in total. The molecular formula is C18H15NO6S. The van der Waals surface area contributed by atoms with E-state index in [0.29, 0.717) is 6.42 Å². The van der Waals surface area contributed by atoms with Crippen LogP contribution in [0.1, 0.15) is 54.6 Å². The van der Waals surface area contributed by atoms with E-state index in [1.54, 1.807) is 18.2 Å². The zero-order chi connectivity index (χ0) is 18.6. The van der Waals surface area contributed by atoms with Crippen LogP contribution in [-0.4, -0.2) is 43.4 Å². The number of ketones is 2. The number of nitrogens with one attached hydrogen (secondary N) is 1. The Labute approximate surface area is 149 Å². The van der Waals surface area contributed by atoms with E-state index in [2.05, 4.69) is 5.32 Å². The van der Waals surface area contributed by atoms with Gasteiger partial charge in [0, 0.05) is 17.2 Å². The van der Waals surface area contributed by atoms with E-state index in [0.717, 1.165) is 0 Å². The summed E-state index contributed by atoms with van der Waals surface area (Å²) < 4.78 is 28.6. The van der Waals surface area contributed by atoms with Crippen LogP contribution in [0.5, 0.6) is 0 Å². The molecule has 0 spiro atoms. The highest BCUT2D eigenvalue weighted by Crippen LogP contribution is 2.33. The fourth-order valence-corrected chi connectivity index (χ4v) is 5.17. The first-order valence-corrected chi connectivity index (χ1v) is 9.94. The maximum absolute atomic E-state index is 12.8. The van der Waals surface area contributed by atoms with Gasteiger partial charge >= 0.3 is 0 Å². The Morgan fingerprint density at radius 2 is 1.81 bits per heavy atom. The predicted octanol–water partition coefficient (Wildman–Crippen LogP) is 1.28. The molecule has 1 amide bonds. The van der Waals surface area contributed by atoms with Gasteiger partial charge in [-0.25, -0.2) is 8.42 Å². The molecule has 2 aromatic rings. The normalized spacial score (nSPS) is 20.6. The van der Waals surface area contributed by atoms with Crippen LogP contribution in [0.4, 0.5) is 0 Å². The van der Waals surface area contributed by atoms with Gasteiger partial charge in [0.15, 0.2) is 21.4 Å². The Morgan fingerprint density at radius 1 is 1.15 bits per heavy atom. The number of amides is 1. The summed E-state index contributed by atoms with van der Waals surface area (Å²) in [5.74, 6) is -1.59. The van der Waals surface area contributed by atoms with Gasteiger partial charge in [0.25, 0.3) is 5.91 Å². The number of benzene rings is 1. The van der Waals surface area contributed by atoms with Crippen molar-refractivity contribution in [3.63, 3.8) is 0 Å². The minimum absolute atomic E-state index is 0.00264. The molecule has 8 heteroatoms. The molecule has 0 radical (unpaired) electrons. The Bertz CT molecular complexity index is 1080. The van der Waals surface area contributed by atoms with Crippen LogP contribution < -0.4 is 5.32 Å². The van der Waals surface area contributed by atoms with Crippen molar-refractivity contribution in [3.05, 3.63) is 58.0 Å².